The van der Waals surface area contributed by atoms with Crippen LogP contribution in [0.5, 0.6) is 0 Å². The number of carbonyl (C=O) groups excluding carboxylic acids is 1. The number of carbonyl (C=O) groups is 1. The van der Waals surface area contributed by atoms with Crippen LogP contribution in [0.1, 0.15) is 27.2 Å². The molecule has 0 aliphatic heterocycles. The van der Waals surface area contributed by atoms with Gasteiger partial charge in [0.05, 0.1) is 6.42 Å². The van der Waals surface area contributed by atoms with Gasteiger partial charge in [0.15, 0.2) is 12.8 Å². The molecule has 3 heteroatoms. The molecular weight excluding hydrogens is 142 g/mol. The zero-order valence-electron chi connectivity index (χ0n) is 7.33. The molecule has 64 valence electrons. The van der Waals surface area contributed by atoms with Crippen LogP contribution in [-0.4, -0.2) is 23.8 Å². The van der Waals surface area contributed by atoms with Gasteiger partial charge in [-0.2, -0.15) is 0 Å². The van der Waals surface area contributed by atoms with Crippen molar-refractivity contribution in [2.75, 3.05) is 6.54 Å². The first-order valence-corrected chi connectivity index (χ1v) is 3.69. The van der Waals surface area contributed by atoms with Gasteiger partial charge in [0.1, 0.15) is 6.29 Å². The van der Waals surface area contributed by atoms with E-state index in [9.17, 15) is 10.0 Å². The largest absolute Gasteiger partial charge is 0.624 e. The molecule has 0 aromatic rings. The highest BCUT2D eigenvalue weighted by Gasteiger charge is 2.10. The number of hydrogen-bond donors (Lipinski definition) is 0. The molecule has 0 aromatic heterocycles. The number of hydroxylamine groups is 1. The Hall–Kier alpha value is -0.860. The summed E-state index contributed by atoms with van der Waals surface area (Å²) in [6.07, 6.45) is 2.63. The summed E-state index contributed by atoms with van der Waals surface area (Å²) in [7, 11) is 0. The third-order valence-corrected chi connectivity index (χ3v) is 0.999. The summed E-state index contributed by atoms with van der Waals surface area (Å²) in [4.78, 5) is 9.90. The topological polar surface area (TPSA) is 43.1 Å². The second-order valence-electron chi connectivity index (χ2n) is 3.59. The molecule has 0 unspecified atom stereocenters. The van der Waals surface area contributed by atoms with E-state index in [0.717, 1.165) is 11.0 Å². The Balaban J connectivity index is 3.90. The molecule has 3 nitrogen and oxygen atoms in total. The van der Waals surface area contributed by atoms with E-state index in [1.807, 2.05) is 20.8 Å². The lowest BCUT2D eigenvalue weighted by atomic mass is 9.99. The fourth-order valence-electron chi connectivity index (χ4n) is 0.676. The SMILES string of the molecule is CC(C)(C)/C=[N+](\[O-])CCC=O. The molecule has 0 amide bonds. The maximum atomic E-state index is 10.9. The van der Waals surface area contributed by atoms with Gasteiger partial charge >= 0.3 is 0 Å². The van der Waals surface area contributed by atoms with Crippen LogP contribution in [0.2, 0.25) is 0 Å². The van der Waals surface area contributed by atoms with Crippen molar-refractivity contribution in [1.29, 1.82) is 0 Å². The molecule has 0 N–H and O–H groups in total. The van der Waals surface area contributed by atoms with Gasteiger partial charge in [0.25, 0.3) is 0 Å². The molecule has 0 spiro atoms. The van der Waals surface area contributed by atoms with Crippen LogP contribution in [0.25, 0.3) is 0 Å². The predicted molar refractivity (Wildman–Crippen MR) is 44.7 cm³/mol. The van der Waals surface area contributed by atoms with E-state index >= 15 is 0 Å². The van der Waals surface area contributed by atoms with Gasteiger partial charge in [-0.25, -0.2) is 4.74 Å². The van der Waals surface area contributed by atoms with E-state index in [1.54, 1.807) is 6.21 Å². The molecule has 0 aliphatic carbocycles. The monoisotopic (exact) mass is 157 g/mol. The van der Waals surface area contributed by atoms with Crippen molar-refractivity contribution in [3.63, 3.8) is 0 Å². The zero-order valence-corrected chi connectivity index (χ0v) is 7.33. The van der Waals surface area contributed by atoms with Crippen molar-refractivity contribution >= 4 is 12.5 Å². The lowest BCUT2D eigenvalue weighted by Gasteiger charge is -2.11. The molecule has 11 heavy (non-hydrogen) atoms. The highest BCUT2D eigenvalue weighted by molar-refractivity contribution is 5.58. The van der Waals surface area contributed by atoms with E-state index < -0.39 is 0 Å². The Bertz CT molecular complexity index is 156. The highest BCUT2D eigenvalue weighted by atomic mass is 16.5. The summed E-state index contributed by atoms with van der Waals surface area (Å²) in [6, 6.07) is 0. The molecule has 0 saturated heterocycles. The molecule has 0 heterocycles. The molecule has 0 bridgehead atoms. The summed E-state index contributed by atoms with van der Waals surface area (Å²) in [6.45, 7) is 6.09. The Labute approximate surface area is 67.3 Å². The van der Waals surface area contributed by atoms with Crippen LogP contribution in [-0.2, 0) is 4.79 Å². The Morgan fingerprint density at radius 1 is 1.45 bits per heavy atom. The predicted octanol–water partition coefficient (Wildman–Crippen LogP) is 1.20. The average molecular weight is 157 g/mol. The van der Waals surface area contributed by atoms with Gasteiger partial charge < -0.3 is 10.0 Å². The molecular formula is C8H15NO2. The number of aldehydes is 1. The first-order chi connectivity index (χ1) is 4.95. The molecule has 0 aliphatic rings. The van der Waals surface area contributed by atoms with Gasteiger partial charge in [-0.15, -0.1) is 0 Å². The lowest BCUT2D eigenvalue weighted by Crippen LogP contribution is -2.17. The minimum atomic E-state index is -0.107. The third-order valence-electron chi connectivity index (χ3n) is 0.999. The minimum Gasteiger partial charge on any atom is -0.624 e. The van der Waals surface area contributed by atoms with E-state index in [1.165, 1.54) is 0 Å². The van der Waals surface area contributed by atoms with E-state index in [4.69, 9.17) is 0 Å². The summed E-state index contributed by atoms with van der Waals surface area (Å²) in [5, 5.41) is 10.9. The highest BCUT2D eigenvalue weighted by Crippen LogP contribution is 2.07. The molecule has 0 radical (unpaired) electrons. The quantitative estimate of drug-likeness (QED) is 0.203. The Kier molecular flexibility index (Phi) is 3.79. The summed E-state index contributed by atoms with van der Waals surface area (Å²) >= 11 is 0. The second kappa shape index (κ2) is 4.11. The van der Waals surface area contributed by atoms with Crippen molar-refractivity contribution in [3.05, 3.63) is 5.21 Å². The van der Waals surface area contributed by atoms with Gasteiger partial charge in [-0.05, 0) is 0 Å². The molecule has 0 aromatic carbocycles. The fourth-order valence-corrected chi connectivity index (χ4v) is 0.676. The third kappa shape index (κ3) is 7.03. The first kappa shape index (κ1) is 10.1. The van der Waals surface area contributed by atoms with Gasteiger partial charge in [-0.3, -0.25) is 0 Å². The van der Waals surface area contributed by atoms with Crippen molar-refractivity contribution in [2.24, 2.45) is 5.41 Å². The van der Waals surface area contributed by atoms with Crippen molar-refractivity contribution in [1.82, 2.24) is 0 Å². The lowest BCUT2D eigenvalue weighted by molar-refractivity contribution is -0.454. The fraction of sp³-hybridized carbons (Fsp3) is 0.750. The normalized spacial score (nSPS) is 13.2. The average Bonchev–Trinajstić information content (AvgIpc) is 1.79. The number of hydrogen-bond acceptors (Lipinski definition) is 2. The van der Waals surface area contributed by atoms with Gasteiger partial charge in [0.2, 0.25) is 0 Å². The summed E-state index contributed by atoms with van der Waals surface area (Å²) < 4.78 is 0.814. The van der Waals surface area contributed by atoms with Crippen LogP contribution in [0, 0.1) is 10.6 Å². The summed E-state index contributed by atoms with van der Waals surface area (Å²) in [5.74, 6) is 0. The standard InChI is InChI=1S/C8H15NO2/c1-8(2,3)7-9(11)5-4-6-10/h6-7H,4-5H2,1-3H3/b9-7-. The van der Waals surface area contributed by atoms with E-state index in [2.05, 4.69) is 0 Å². The molecule has 0 atom stereocenters. The van der Waals surface area contributed by atoms with Crippen LogP contribution in [0.3, 0.4) is 0 Å². The number of rotatable bonds is 3. The maximum absolute atomic E-state index is 10.9. The van der Waals surface area contributed by atoms with E-state index in [0.29, 0.717) is 6.42 Å². The molecule has 0 fully saturated rings. The minimum absolute atomic E-state index is 0.107. The van der Waals surface area contributed by atoms with Crippen molar-refractivity contribution in [3.8, 4) is 0 Å². The van der Waals surface area contributed by atoms with Crippen molar-refractivity contribution < 1.29 is 9.53 Å². The van der Waals surface area contributed by atoms with Crippen LogP contribution in [0.15, 0.2) is 0 Å². The molecule has 0 saturated carbocycles. The Morgan fingerprint density at radius 3 is 2.36 bits per heavy atom. The molecule has 0 rings (SSSR count). The van der Waals surface area contributed by atoms with Gasteiger partial charge in [0, 0.05) is 5.41 Å². The van der Waals surface area contributed by atoms with Crippen LogP contribution in [0.4, 0.5) is 0 Å². The smallest absolute Gasteiger partial charge is 0.159 e. The van der Waals surface area contributed by atoms with Gasteiger partial charge in [-0.1, -0.05) is 20.8 Å². The Morgan fingerprint density at radius 2 is 2.00 bits per heavy atom. The first-order valence-electron chi connectivity index (χ1n) is 3.69. The van der Waals surface area contributed by atoms with Crippen LogP contribution >= 0.6 is 0 Å². The second-order valence-corrected chi connectivity index (χ2v) is 3.59. The van der Waals surface area contributed by atoms with Crippen LogP contribution < -0.4 is 0 Å². The maximum Gasteiger partial charge on any atom is 0.159 e. The van der Waals surface area contributed by atoms with E-state index in [-0.39, 0.29) is 12.0 Å². The number of nitrogens with zero attached hydrogens (tertiary/aromatic N) is 1. The summed E-state index contributed by atoms with van der Waals surface area (Å²) in [5.41, 5.74) is -0.107. The zero-order chi connectivity index (χ0) is 8.91. The van der Waals surface area contributed by atoms with Crippen molar-refractivity contribution in [2.45, 2.75) is 27.2 Å².